The van der Waals surface area contributed by atoms with E-state index in [1.165, 1.54) is 48.2 Å². The van der Waals surface area contributed by atoms with E-state index in [-0.39, 0.29) is 66.5 Å². The minimum atomic E-state index is -3.89. The Hall–Kier alpha value is -3.11. The Morgan fingerprint density at radius 3 is 2.38 bits per heavy atom. The molecule has 2 aromatic carbocycles. The zero-order chi connectivity index (χ0) is 23.7. The number of benzene rings is 2. The van der Waals surface area contributed by atoms with Gasteiger partial charge in [0.2, 0.25) is 21.8 Å². The molecule has 2 rings (SSSR count). The van der Waals surface area contributed by atoms with Crippen molar-refractivity contribution >= 4 is 27.6 Å². The van der Waals surface area contributed by atoms with E-state index in [4.69, 9.17) is 0 Å². The van der Waals surface area contributed by atoms with Gasteiger partial charge in [0.25, 0.3) is 0 Å². The molecular formula is C22H26FN3O5S. The molecule has 0 aliphatic rings. The SMILES string of the molecule is CCN(CC(=O)NCc1ccc(F)cc1)C(=O)CCNS(=O)(=O)c1cccc(C(C)=O)c1. The summed E-state index contributed by atoms with van der Waals surface area (Å²) < 4.78 is 40.1. The number of hydrogen-bond donors (Lipinski definition) is 2. The molecule has 2 amide bonds. The van der Waals surface area contributed by atoms with Crippen LogP contribution in [-0.4, -0.2) is 50.5 Å². The number of rotatable bonds is 11. The maximum absolute atomic E-state index is 12.9. The number of sulfonamides is 1. The second-order valence-corrected chi connectivity index (χ2v) is 8.81. The molecule has 10 heteroatoms. The van der Waals surface area contributed by atoms with Crippen LogP contribution >= 0.6 is 0 Å². The summed E-state index contributed by atoms with van der Waals surface area (Å²) in [6.45, 7) is 3.19. The van der Waals surface area contributed by atoms with Gasteiger partial charge >= 0.3 is 0 Å². The lowest BCUT2D eigenvalue weighted by molar-refractivity contribution is -0.135. The Labute approximate surface area is 186 Å². The zero-order valence-electron chi connectivity index (χ0n) is 17.9. The summed E-state index contributed by atoms with van der Waals surface area (Å²) >= 11 is 0. The molecule has 2 N–H and O–H groups in total. The predicted octanol–water partition coefficient (Wildman–Crippen LogP) is 1.86. The van der Waals surface area contributed by atoms with E-state index in [0.29, 0.717) is 0 Å². The number of halogens is 1. The molecule has 2 aromatic rings. The summed E-state index contributed by atoms with van der Waals surface area (Å²) in [7, 11) is -3.89. The van der Waals surface area contributed by atoms with E-state index in [9.17, 15) is 27.2 Å². The molecule has 8 nitrogen and oxygen atoms in total. The van der Waals surface area contributed by atoms with Crippen LogP contribution in [0.4, 0.5) is 4.39 Å². The van der Waals surface area contributed by atoms with Gasteiger partial charge in [-0.05, 0) is 43.7 Å². The number of hydrogen-bond acceptors (Lipinski definition) is 5. The summed E-state index contributed by atoms with van der Waals surface area (Å²) in [5, 5.41) is 2.66. The van der Waals surface area contributed by atoms with E-state index in [1.54, 1.807) is 19.1 Å². The van der Waals surface area contributed by atoms with Crippen molar-refractivity contribution in [3.05, 3.63) is 65.5 Å². The van der Waals surface area contributed by atoms with Gasteiger partial charge in [0.1, 0.15) is 5.82 Å². The van der Waals surface area contributed by atoms with Crippen molar-refractivity contribution in [3.63, 3.8) is 0 Å². The standard InChI is InChI=1S/C22H26FN3O5S/c1-3-26(15-21(28)24-14-17-7-9-19(23)10-8-17)22(29)11-12-25-32(30,31)20-6-4-5-18(13-20)16(2)27/h4-10,13,25H,3,11-12,14-15H2,1-2H3,(H,24,28). The van der Waals surface area contributed by atoms with Crippen LogP contribution in [-0.2, 0) is 26.2 Å². The quantitative estimate of drug-likeness (QED) is 0.494. The van der Waals surface area contributed by atoms with Gasteiger partial charge < -0.3 is 10.2 Å². The second-order valence-electron chi connectivity index (χ2n) is 7.04. The summed E-state index contributed by atoms with van der Waals surface area (Å²) in [6, 6.07) is 11.3. The van der Waals surface area contributed by atoms with Crippen molar-refractivity contribution < 1.29 is 27.2 Å². The number of amides is 2. The fraction of sp³-hybridized carbons (Fsp3) is 0.318. The Bertz CT molecular complexity index is 1070. The fourth-order valence-corrected chi connectivity index (χ4v) is 3.90. The van der Waals surface area contributed by atoms with Gasteiger partial charge in [-0.3, -0.25) is 14.4 Å². The molecule has 0 aliphatic heterocycles. The minimum Gasteiger partial charge on any atom is -0.350 e. The molecule has 0 bridgehead atoms. The Kier molecular flexibility index (Phi) is 9.03. The van der Waals surface area contributed by atoms with Crippen molar-refractivity contribution in [1.82, 2.24) is 14.9 Å². The molecule has 0 radical (unpaired) electrons. The molecule has 0 heterocycles. The highest BCUT2D eigenvalue weighted by molar-refractivity contribution is 7.89. The van der Waals surface area contributed by atoms with E-state index >= 15 is 0 Å². The largest absolute Gasteiger partial charge is 0.350 e. The minimum absolute atomic E-state index is 0.0647. The van der Waals surface area contributed by atoms with Crippen LogP contribution in [0.5, 0.6) is 0 Å². The van der Waals surface area contributed by atoms with Crippen LogP contribution in [0.2, 0.25) is 0 Å². The molecule has 0 spiro atoms. The third-order valence-electron chi connectivity index (χ3n) is 4.65. The lowest BCUT2D eigenvalue weighted by Crippen LogP contribution is -2.41. The Morgan fingerprint density at radius 1 is 1.06 bits per heavy atom. The first kappa shape index (κ1) is 25.2. The van der Waals surface area contributed by atoms with Gasteiger partial charge in [0.15, 0.2) is 5.78 Å². The summed E-state index contributed by atoms with van der Waals surface area (Å²) in [6.07, 6.45) is -0.134. The van der Waals surface area contributed by atoms with E-state index in [2.05, 4.69) is 10.0 Å². The van der Waals surface area contributed by atoms with Crippen molar-refractivity contribution in [2.45, 2.75) is 31.7 Å². The molecule has 0 aliphatic carbocycles. The number of Topliss-reactive ketones (excluding diaryl/α,β-unsaturated/α-hetero) is 1. The second kappa shape index (κ2) is 11.5. The van der Waals surface area contributed by atoms with E-state index < -0.39 is 10.0 Å². The topological polar surface area (TPSA) is 113 Å². The Morgan fingerprint density at radius 2 is 1.75 bits per heavy atom. The van der Waals surface area contributed by atoms with Gasteiger partial charge in [0.05, 0.1) is 11.4 Å². The first-order valence-corrected chi connectivity index (χ1v) is 11.5. The number of carbonyl (C=O) groups excluding carboxylic acids is 3. The maximum Gasteiger partial charge on any atom is 0.240 e. The van der Waals surface area contributed by atoms with Crippen LogP contribution in [0.25, 0.3) is 0 Å². The lowest BCUT2D eigenvalue weighted by atomic mass is 10.2. The Balaban J connectivity index is 1.84. The van der Waals surface area contributed by atoms with Crippen molar-refractivity contribution in [3.8, 4) is 0 Å². The lowest BCUT2D eigenvalue weighted by Gasteiger charge is -2.20. The predicted molar refractivity (Wildman–Crippen MR) is 117 cm³/mol. The molecule has 0 fully saturated rings. The summed E-state index contributed by atoms with van der Waals surface area (Å²) in [5.74, 6) is -1.39. The van der Waals surface area contributed by atoms with Gasteiger partial charge in [-0.2, -0.15) is 0 Å². The molecule has 0 unspecified atom stereocenters. The van der Waals surface area contributed by atoms with Crippen molar-refractivity contribution in [2.24, 2.45) is 0 Å². The first-order valence-electron chi connectivity index (χ1n) is 10.0. The number of ketones is 1. The zero-order valence-corrected chi connectivity index (χ0v) is 18.7. The first-order chi connectivity index (χ1) is 15.1. The van der Waals surface area contributed by atoms with Crippen LogP contribution in [0.15, 0.2) is 53.4 Å². The number of likely N-dealkylation sites (N-methyl/N-ethyl adjacent to an activating group) is 1. The van der Waals surface area contributed by atoms with Crippen LogP contribution in [0, 0.1) is 5.82 Å². The van der Waals surface area contributed by atoms with E-state index in [1.807, 2.05) is 0 Å². The van der Waals surface area contributed by atoms with E-state index in [0.717, 1.165) is 5.56 Å². The van der Waals surface area contributed by atoms with Gasteiger partial charge in [-0.1, -0.05) is 24.3 Å². The average Bonchev–Trinajstić information content (AvgIpc) is 2.77. The third kappa shape index (κ3) is 7.54. The van der Waals surface area contributed by atoms with Crippen molar-refractivity contribution in [2.75, 3.05) is 19.6 Å². The highest BCUT2D eigenvalue weighted by atomic mass is 32.2. The average molecular weight is 464 g/mol. The molecule has 0 atom stereocenters. The third-order valence-corrected chi connectivity index (χ3v) is 6.11. The molecule has 0 aromatic heterocycles. The van der Waals surface area contributed by atoms with Crippen molar-refractivity contribution in [1.29, 1.82) is 0 Å². The molecular weight excluding hydrogens is 437 g/mol. The van der Waals surface area contributed by atoms with Crippen LogP contribution in [0.3, 0.4) is 0 Å². The molecule has 172 valence electrons. The number of nitrogens with one attached hydrogen (secondary N) is 2. The van der Waals surface area contributed by atoms with Gasteiger partial charge in [0, 0.05) is 31.6 Å². The fourth-order valence-electron chi connectivity index (χ4n) is 2.82. The molecule has 0 saturated heterocycles. The monoisotopic (exact) mass is 463 g/mol. The smallest absolute Gasteiger partial charge is 0.240 e. The molecule has 32 heavy (non-hydrogen) atoms. The van der Waals surface area contributed by atoms with Gasteiger partial charge in [-0.25, -0.2) is 17.5 Å². The highest BCUT2D eigenvalue weighted by Gasteiger charge is 2.18. The number of carbonyl (C=O) groups is 3. The highest BCUT2D eigenvalue weighted by Crippen LogP contribution is 2.12. The normalized spacial score (nSPS) is 11.1. The van der Waals surface area contributed by atoms with Gasteiger partial charge in [-0.15, -0.1) is 0 Å². The summed E-state index contributed by atoms with van der Waals surface area (Å²) in [5.41, 5.74) is 0.991. The maximum atomic E-state index is 12.9. The van der Waals surface area contributed by atoms with Crippen LogP contribution < -0.4 is 10.0 Å². The van der Waals surface area contributed by atoms with Crippen LogP contribution in [0.1, 0.15) is 36.2 Å². The summed E-state index contributed by atoms with van der Waals surface area (Å²) in [4.78, 5) is 37.3. The number of nitrogens with zero attached hydrogens (tertiary/aromatic N) is 1. The molecule has 0 saturated carbocycles.